The lowest BCUT2D eigenvalue weighted by Gasteiger charge is -2.25. The number of sulfonamides is 1. The van der Waals surface area contributed by atoms with Crippen LogP contribution in [0.4, 0.5) is 14.5 Å². The number of halogens is 2. The second-order valence-electron chi connectivity index (χ2n) is 5.89. The summed E-state index contributed by atoms with van der Waals surface area (Å²) in [5.74, 6) is -0.968. The van der Waals surface area contributed by atoms with Crippen molar-refractivity contribution in [2.45, 2.75) is 18.4 Å². The van der Waals surface area contributed by atoms with Crippen molar-refractivity contribution in [3.8, 4) is 0 Å². The van der Waals surface area contributed by atoms with Gasteiger partial charge in [-0.15, -0.1) is 0 Å². The Morgan fingerprint density at radius 2 is 1.62 bits per heavy atom. The summed E-state index contributed by atoms with van der Waals surface area (Å²) in [7, 11) is -3.95. The van der Waals surface area contributed by atoms with E-state index in [1.807, 2.05) is 0 Å². The summed E-state index contributed by atoms with van der Waals surface area (Å²) in [4.78, 5) is 0.0809. The van der Waals surface area contributed by atoms with Crippen molar-refractivity contribution >= 4 is 15.7 Å². The van der Waals surface area contributed by atoms with E-state index in [1.54, 1.807) is 31.2 Å². The van der Waals surface area contributed by atoms with Crippen LogP contribution in [0.25, 0.3) is 0 Å². The molecule has 134 valence electrons. The average molecular weight is 373 g/mol. The number of nitrogens with zero attached hydrogens (tertiary/aromatic N) is 1. The first kappa shape index (κ1) is 18.1. The monoisotopic (exact) mass is 373 g/mol. The summed E-state index contributed by atoms with van der Waals surface area (Å²) in [5.41, 5.74) is 1.06. The van der Waals surface area contributed by atoms with Crippen molar-refractivity contribution < 1.29 is 17.2 Å². The van der Waals surface area contributed by atoms with Gasteiger partial charge in [0.1, 0.15) is 11.6 Å². The zero-order valence-electron chi connectivity index (χ0n) is 14.1. The molecule has 3 rings (SSSR count). The average Bonchev–Trinajstić information content (AvgIpc) is 2.63. The first-order valence-electron chi connectivity index (χ1n) is 7.96. The van der Waals surface area contributed by atoms with E-state index in [-0.39, 0.29) is 17.1 Å². The van der Waals surface area contributed by atoms with Crippen LogP contribution in [-0.2, 0) is 16.6 Å². The Bertz CT molecular complexity index is 1020. The molecule has 26 heavy (non-hydrogen) atoms. The molecule has 0 atom stereocenters. The Balaban J connectivity index is 2.11. The largest absolute Gasteiger partial charge is 0.264 e. The van der Waals surface area contributed by atoms with Crippen molar-refractivity contribution in [3.05, 3.63) is 95.6 Å². The molecule has 0 heterocycles. The van der Waals surface area contributed by atoms with Gasteiger partial charge < -0.3 is 0 Å². The van der Waals surface area contributed by atoms with Gasteiger partial charge in [-0.05, 0) is 54.4 Å². The second-order valence-corrected chi connectivity index (χ2v) is 7.75. The second kappa shape index (κ2) is 7.25. The van der Waals surface area contributed by atoms with Gasteiger partial charge in [0.2, 0.25) is 0 Å². The zero-order chi connectivity index (χ0) is 18.7. The van der Waals surface area contributed by atoms with Gasteiger partial charge in [0.05, 0.1) is 17.1 Å². The van der Waals surface area contributed by atoms with Crippen molar-refractivity contribution in [2.75, 3.05) is 4.31 Å². The van der Waals surface area contributed by atoms with Crippen LogP contribution in [-0.4, -0.2) is 8.42 Å². The summed E-state index contributed by atoms with van der Waals surface area (Å²) in [6, 6.07) is 17.8. The molecule has 3 aromatic rings. The maximum absolute atomic E-state index is 14.1. The molecule has 3 nitrogen and oxygen atoms in total. The lowest BCUT2D eigenvalue weighted by molar-refractivity contribution is 0.588. The molecule has 3 aromatic carbocycles. The van der Waals surface area contributed by atoms with E-state index in [1.165, 1.54) is 48.5 Å². The van der Waals surface area contributed by atoms with Gasteiger partial charge in [-0.25, -0.2) is 17.2 Å². The normalized spacial score (nSPS) is 11.3. The van der Waals surface area contributed by atoms with Crippen LogP contribution in [0.15, 0.2) is 77.7 Å². The van der Waals surface area contributed by atoms with Crippen molar-refractivity contribution in [1.82, 2.24) is 0 Å². The van der Waals surface area contributed by atoms with Gasteiger partial charge in [-0.2, -0.15) is 0 Å². The molecule has 0 saturated heterocycles. The highest BCUT2D eigenvalue weighted by atomic mass is 32.2. The van der Waals surface area contributed by atoms with Gasteiger partial charge in [0, 0.05) is 0 Å². The third kappa shape index (κ3) is 3.75. The highest BCUT2D eigenvalue weighted by Gasteiger charge is 2.25. The molecule has 0 aromatic heterocycles. The third-order valence-electron chi connectivity index (χ3n) is 3.99. The van der Waals surface area contributed by atoms with Crippen molar-refractivity contribution in [2.24, 2.45) is 0 Å². The first-order chi connectivity index (χ1) is 12.4. The standard InChI is InChI=1S/C20H17F2NO2S/c1-15-10-11-18(13-20(15)22)23(14-16-6-5-7-17(21)12-16)26(24,25)19-8-3-2-4-9-19/h2-13H,14H2,1H3. The van der Waals surface area contributed by atoms with Gasteiger partial charge in [-0.3, -0.25) is 4.31 Å². The Morgan fingerprint density at radius 3 is 2.27 bits per heavy atom. The molecule has 0 aliphatic rings. The van der Waals surface area contributed by atoms with Crippen LogP contribution in [0, 0.1) is 18.6 Å². The molecule has 0 amide bonds. The van der Waals surface area contributed by atoms with Gasteiger partial charge in [0.15, 0.2) is 0 Å². The molecule has 0 unspecified atom stereocenters. The quantitative estimate of drug-likeness (QED) is 0.652. The summed E-state index contributed by atoms with van der Waals surface area (Å²) >= 11 is 0. The van der Waals surface area contributed by atoms with E-state index in [4.69, 9.17) is 0 Å². The van der Waals surface area contributed by atoms with Crippen LogP contribution in [0.2, 0.25) is 0 Å². The highest BCUT2D eigenvalue weighted by Crippen LogP contribution is 2.27. The molecule has 0 radical (unpaired) electrons. The van der Waals surface area contributed by atoms with Gasteiger partial charge in [0.25, 0.3) is 10.0 Å². The predicted molar refractivity (Wildman–Crippen MR) is 97.3 cm³/mol. The van der Waals surface area contributed by atoms with Gasteiger partial charge >= 0.3 is 0 Å². The maximum atomic E-state index is 14.1. The van der Waals surface area contributed by atoms with Crippen molar-refractivity contribution in [1.29, 1.82) is 0 Å². The molecule has 0 N–H and O–H groups in total. The molecule has 0 bridgehead atoms. The van der Waals surface area contributed by atoms with E-state index >= 15 is 0 Å². The molecule has 0 aliphatic carbocycles. The summed E-state index contributed by atoms with van der Waals surface area (Å²) < 4.78 is 54.9. The number of hydrogen-bond donors (Lipinski definition) is 0. The Labute approximate surface area is 151 Å². The number of rotatable bonds is 5. The number of anilines is 1. The molecular weight excluding hydrogens is 356 g/mol. The molecule has 0 spiro atoms. The minimum atomic E-state index is -3.95. The summed E-state index contributed by atoms with van der Waals surface area (Å²) in [6.07, 6.45) is 0. The fourth-order valence-corrected chi connectivity index (χ4v) is 4.04. The number of aryl methyl sites for hydroxylation is 1. The van der Waals surface area contributed by atoms with Crippen LogP contribution in [0.5, 0.6) is 0 Å². The van der Waals surface area contributed by atoms with E-state index in [0.29, 0.717) is 11.1 Å². The SMILES string of the molecule is Cc1ccc(N(Cc2cccc(F)c2)S(=O)(=O)c2ccccc2)cc1F. The lowest BCUT2D eigenvalue weighted by Crippen LogP contribution is -2.30. The zero-order valence-corrected chi connectivity index (χ0v) is 14.9. The summed E-state index contributed by atoms with van der Waals surface area (Å²) in [5, 5.41) is 0. The van der Waals surface area contributed by atoms with E-state index in [9.17, 15) is 17.2 Å². The Kier molecular flexibility index (Phi) is 5.04. The Morgan fingerprint density at radius 1 is 0.885 bits per heavy atom. The molecule has 0 saturated carbocycles. The molecule has 0 fully saturated rings. The lowest BCUT2D eigenvalue weighted by atomic mass is 10.2. The predicted octanol–water partition coefficient (Wildman–Crippen LogP) is 4.67. The first-order valence-corrected chi connectivity index (χ1v) is 9.40. The minimum Gasteiger partial charge on any atom is -0.262 e. The third-order valence-corrected chi connectivity index (χ3v) is 5.78. The molecule has 0 aliphatic heterocycles. The smallest absolute Gasteiger partial charge is 0.262 e. The topological polar surface area (TPSA) is 37.4 Å². The van der Waals surface area contributed by atoms with Crippen LogP contribution < -0.4 is 4.31 Å². The fourth-order valence-electron chi connectivity index (χ4n) is 2.57. The van der Waals surface area contributed by atoms with Crippen LogP contribution >= 0.6 is 0 Å². The van der Waals surface area contributed by atoms with Gasteiger partial charge in [-0.1, -0.05) is 36.4 Å². The summed E-state index contributed by atoms with van der Waals surface area (Å²) in [6.45, 7) is 1.49. The van der Waals surface area contributed by atoms with Crippen LogP contribution in [0.3, 0.4) is 0 Å². The molecule has 6 heteroatoms. The fraction of sp³-hybridized carbons (Fsp3) is 0.100. The van der Waals surface area contributed by atoms with Crippen LogP contribution in [0.1, 0.15) is 11.1 Å². The highest BCUT2D eigenvalue weighted by molar-refractivity contribution is 7.92. The van der Waals surface area contributed by atoms with E-state index in [2.05, 4.69) is 0 Å². The Hall–Kier alpha value is -2.73. The molecular formula is C20H17F2NO2S. The number of benzene rings is 3. The van der Waals surface area contributed by atoms with E-state index < -0.39 is 21.7 Å². The van der Waals surface area contributed by atoms with E-state index in [0.717, 1.165) is 4.31 Å². The maximum Gasteiger partial charge on any atom is 0.264 e. The minimum absolute atomic E-state index is 0.0809. The van der Waals surface area contributed by atoms with Crippen molar-refractivity contribution in [3.63, 3.8) is 0 Å². The number of hydrogen-bond acceptors (Lipinski definition) is 2.